The summed E-state index contributed by atoms with van der Waals surface area (Å²) < 4.78 is 39.8. The molecule has 0 aliphatic carbocycles. The molecule has 1 heterocycles. The molecule has 7 nitrogen and oxygen atoms in total. The first-order valence-corrected chi connectivity index (χ1v) is 5.91. The fourth-order valence-corrected chi connectivity index (χ4v) is 1.49. The lowest BCUT2D eigenvalue weighted by Gasteiger charge is -2.29. The third kappa shape index (κ3) is 4.10. The average Bonchev–Trinajstić information content (AvgIpc) is 2.79. The number of carboxylic acids is 1. The maximum Gasteiger partial charge on any atom is 0.422 e. The van der Waals surface area contributed by atoms with Gasteiger partial charge in [0.05, 0.1) is 6.33 Å². The molecule has 118 valence electrons. The van der Waals surface area contributed by atoms with Gasteiger partial charge in [-0.15, -0.1) is 0 Å². The van der Waals surface area contributed by atoms with Crippen molar-refractivity contribution < 1.29 is 27.9 Å². The van der Waals surface area contributed by atoms with Crippen LogP contribution in [0.5, 0.6) is 0 Å². The predicted molar refractivity (Wildman–Crippen MR) is 65.5 cm³/mol. The number of hydrogen-bond acceptors (Lipinski definition) is 3. The van der Waals surface area contributed by atoms with Gasteiger partial charge in [-0.3, -0.25) is 0 Å². The smallest absolute Gasteiger partial charge is 0.422 e. The average molecular weight is 308 g/mol. The van der Waals surface area contributed by atoms with Crippen molar-refractivity contribution in [2.24, 2.45) is 0 Å². The molecule has 1 aromatic heterocycles. The maximum absolute atomic E-state index is 12.7. The number of carbonyl (C=O) groups is 2. The van der Waals surface area contributed by atoms with Crippen LogP contribution >= 0.6 is 0 Å². The highest BCUT2D eigenvalue weighted by Gasteiger charge is 2.58. The lowest BCUT2D eigenvalue weighted by Crippen LogP contribution is -2.64. The molecular formula is C11H15F3N4O3. The van der Waals surface area contributed by atoms with E-state index < -0.39 is 29.8 Å². The SMILES string of the molecule is CC(Cn1ccnc1)NC(=O)NC(C)(C(=O)O)C(F)(F)F. The van der Waals surface area contributed by atoms with Gasteiger partial charge in [-0.1, -0.05) is 0 Å². The lowest BCUT2D eigenvalue weighted by atomic mass is 10.0. The van der Waals surface area contributed by atoms with Gasteiger partial charge in [0.2, 0.25) is 5.54 Å². The van der Waals surface area contributed by atoms with Gasteiger partial charge >= 0.3 is 18.2 Å². The maximum atomic E-state index is 12.7. The second-order valence-electron chi connectivity index (χ2n) is 4.69. The summed E-state index contributed by atoms with van der Waals surface area (Å²) in [5.74, 6) is -2.19. The van der Waals surface area contributed by atoms with E-state index in [0.29, 0.717) is 6.92 Å². The van der Waals surface area contributed by atoms with Crippen LogP contribution in [0.15, 0.2) is 18.7 Å². The van der Waals surface area contributed by atoms with E-state index in [0.717, 1.165) is 0 Å². The minimum Gasteiger partial charge on any atom is -0.479 e. The zero-order valence-electron chi connectivity index (χ0n) is 11.3. The number of amides is 2. The van der Waals surface area contributed by atoms with Gasteiger partial charge in [0.15, 0.2) is 0 Å². The van der Waals surface area contributed by atoms with Crippen molar-refractivity contribution in [2.75, 3.05) is 0 Å². The normalized spacial score (nSPS) is 15.9. The highest BCUT2D eigenvalue weighted by Crippen LogP contribution is 2.30. The van der Waals surface area contributed by atoms with E-state index in [1.807, 2.05) is 0 Å². The van der Waals surface area contributed by atoms with E-state index in [1.54, 1.807) is 17.7 Å². The third-order valence-corrected chi connectivity index (χ3v) is 2.78. The summed E-state index contributed by atoms with van der Waals surface area (Å²) in [5.41, 5.74) is -3.36. The van der Waals surface area contributed by atoms with Crippen molar-refractivity contribution >= 4 is 12.0 Å². The number of alkyl halides is 3. The van der Waals surface area contributed by atoms with Crippen LogP contribution in [0.2, 0.25) is 0 Å². The zero-order valence-corrected chi connectivity index (χ0v) is 11.3. The Labute approximate surface area is 118 Å². The Hall–Kier alpha value is -2.26. The van der Waals surface area contributed by atoms with Crippen LogP contribution in [0.4, 0.5) is 18.0 Å². The van der Waals surface area contributed by atoms with Gasteiger partial charge in [-0.2, -0.15) is 13.2 Å². The van der Waals surface area contributed by atoms with Crippen molar-refractivity contribution in [2.45, 2.75) is 38.1 Å². The quantitative estimate of drug-likeness (QED) is 0.755. The van der Waals surface area contributed by atoms with E-state index >= 15 is 0 Å². The molecular weight excluding hydrogens is 293 g/mol. The number of nitrogens with zero attached hydrogens (tertiary/aromatic N) is 2. The molecule has 0 saturated carbocycles. The number of imidazole rings is 1. The number of carbonyl (C=O) groups excluding carboxylic acids is 1. The summed E-state index contributed by atoms with van der Waals surface area (Å²) in [6.07, 6.45) is -0.512. The van der Waals surface area contributed by atoms with E-state index in [-0.39, 0.29) is 6.54 Å². The van der Waals surface area contributed by atoms with Crippen LogP contribution in [0, 0.1) is 0 Å². The summed E-state index contributed by atoms with van der Waals surface area (Å²) in [4.78, 5) is 26.1. The molecule has 10 heteroatoms. The molecule has 0 saturated heterocycles. The second kappa shape index (κ2) is 6.02. The molecule has 2 unspecified atom stereocenters. The predicted octanol–water partition coefficient (Wildman–Crippen LogP) is 0.976. The van der Waals surface area contributed by atoms with Gasteiger partial charge < -0.3 is 20.3 Å². The van der Waals surface area contributed by atoms with Crippen LogP contribution < -0.4 is 10.6 Å². The topological polar surface area (TPSA) is 96.3 Å². The highest BCUT2D eigenvalue weighted by atomic mass is 19.4. The second-order valence-corrected chi connectivity index (χ2v) is 4.69. The molecule has 0 aliphatic heterocycles. The first-order chi connectivity index (χ1) is 9.56. The largest absolute Gasteiger partial charge is 0.479 e. The number of nitrogens with one attached hydrogen (secondary N) is 2. The third-order valence-electron chi connectivity index (χ3n) is 2.78. The Kier molecular flexibility index (Phi) is 4.81. The summed E-state index contributed by atoms with van der Waals surface area (Å²) in [5, 5.41) is 12.4. The molecule has 2 atom stereocenters. The summed E-state index contributed by atoms with van der Waals surface area (Å²) in [6.45, 7) is 2.23. The molecule has 0 bridgehead atoms. The Balaban J connectivity index is 2.65. The van der Waals surface area contributed by atoms with Crippen molar-refractivity contribution in [3.05, 3.63) is 18.7 Å². The first kappa shape index (κ1) is 16.8. The van der Waals surface area contributed by atoms with Crippen LogP contribution in [-0.4, -0.2) is 44.4 Å². The van der Waals surface area contributed by atoms with E-state index in [4.69, 9.17) is 5.11 Å². The van der Waals surface area contributed by atoms with Crippen molar-refractivity contribution in [3.8, 4) is 0 Å². The lowest BCUT2D eigenvalue weighted by molar-refractivity contribution is -0.203. The molecule has 0 spiro atoms. The Morgan fingerprint density at radius 1 is 1.43 bits per heavy atom. The molecule has 0 aromatic carbocycles. The first-order valence-electron chi connectivity index (χ1n) is 5.91. The number of urea groups is 1. The number of halogens is 3. The number of carboxylic acid groups (broad SMARTS) is 1. The van der Waals surface area contributed by atoms with Crippen LogP contribution in [0.1, 0.15) is 13.8 Å². The summed E-state index contributed by atoms with van der Waals surface area (Å²) in [7, 11) is 0. The fourth-order valence-electron chi connectivity index (χ4n) is 1.49. The van der Waals surface area contributed by atoms with E-state index in [9.17, 15) is 22.8 Å². The Morgan fingerprint density at radius 3 is 2.48 bits per heavy atom. The monoisotopic (exact) mass is 308 g/mol. The van der Waals surface area contributed by atoms with Gasteiger partial charge in [0.25, 0.3) is 0 Å². The van der Waals surface area contributed by atoms with Crippen LogP contribution in [-0.2, 0) is 11.3 Å². The van der Waals surface area contributed by atoms with Gasteiger partial charge in [0.1, 0.15) is 0 Å². The highest BCUT2D eigenvalue weighted by molar-refractivity contribution is 5.86. The molecule has 1 rings (SSSR count). The fraction of sp³-hybridized carbons (Fsp3) is 0.545. The minimum atomic E-state index is -5.12. The van der Waals surface area contributed by atoms with Crippen molar-refractivity contribution in [1.29, 1.82) is 0 Å². The van der Waals surface area contributed by atoms with Crippen LogP contribution in [0.3, 0.4) is 0 Å². The van der Waals surface area contributed by atoms with Gasteiger partial charge in [-0.05, 0) is 13.8 Å². The van der Waals surface area contributed by atoms with Gasteiger partial charge in [-0.25, -0.2) is 14.6 Å². The van der Waals surface area contributed by atoms with Crippen molar-refractivity contribution in [1.82, 2.24) is 20.2 Å². The molecule has 1 aromatic rings. The number of hydrogen-bond donors (Lipinski definition) is 3. The molecule has 3 N–H and O–H groups in total. The molecule has 0 fully saturated rings. The van der Waals surface area contributed by atoms with E-state index in [1.165, 1.54) is 17.8 Å². The standard InChI is InChI=1S/C11H15F3N4O3/c1-7(5-18-4-3-15-6-18)16-9(21)17-10(2,8(19)20)11(12,13)14/h3-4,6-7H,5H2,1-2H3,(H,19,20)(H2,16,17,21). The van der Waals surface area contributed by atoms with Crippen molar-refractivity contribution in [3.63, 3.8) is 0 Å². The Bertz CT molecular complexity index is 503. The Morgan fingerprint density at radius 2 is 2.05 bits per heavy atom. The summed E-state index contributed by atoms with van der Waals surface area (Å²) in [6, 6.07) is -1.74. The zero-order chi connectivity index (χ0) is 16.3. The number of aromatic nitrogens is 2. The van der Waals surface area contributed by atoms with Gasteiger partial charge in [0, 0.05) is 25.0 Å². The van der Waals surface area contributed by atoms with E-state index in [2.05, 4.69) is 10.3 Å². The minimum absolute atomic E-state index is 0.281. The van der Waals surface area contributed by atoms with Crippen LogP contribution in [0.25, 0.3) is 0 Å². The molecule has 0 radical (unpaired) electrons. The number of rotatable bonds is 5. The molecule has 0 aliphatic rings. The number of aliphatic carboxylic acids is 1. The molecule has 2 amide bonds. The molecule has 21 heavy (non-hydrogen) atoms. The summed E-state index contributed by atoms with van der Waals surface area (Å²) >= 11 is 0.